The van der Waals surface area contributed by atoms with Gasteiger partial charge in [-0.1, -0.05) is 176 Å². The molecule has 1 nitrogen and oxygen atoms in total. The van der Waals surface area contributed by atoms with E-state index in [4.69, 9.17) is 9.90 Å². The maximum absolute atomic E-state index is 10.1. The highest BCUT2D eigenvalue weighted by atomic mass is 16.3. The van der Waals surface area contributed by atoms with E-state index in [2.05, 4.69) is 0 Å². The van der Waals surface area contributed by atoms with E-state index in [0.717, 1.165) is 32.3 Å². The predicted octanol–water partition coefficient (Wildman–Crippen LogP) is 14.9. The molecule has 0 fully saturated rings. The molecule has 1 heteroatoms. The minimum absolute atomic E-state index is 0.00825. The third kappa shape index (κ3) is 4.64. The average Bonchev–Trinajstić information content (AvgIpc) is 3.73. The lowest BCUT2D eigenvalue weighted by Gasteiger charge is -2.18. The van der Waals surface area contributed by atoms with Crippen LogP contribution < -0.4 is 0 Å². The van der Waals surface area contributed by atoms with Gasteiger partial charge in [0.25, 0.3) is 0 Å². The number of furan rings is 1. The van der Waals surface area contributed by atoms with Gasteiger partial charge in [-0.05, 0) is 94.3 Å². The molecule has 0 aliphatic heterocycles. The van der Waals surface area contributed by atoms with Crippen LogP contribution in [0.3, 0.4) is 0 Å². The molecule has 0 aliphatic carbocycles. The van der Waals surface area contributed by atoms with Crippen molar-refractivity contribution in [2.45, 2.75) is 0 Å². The summed E-state index contributed by atoms with van der Waals surface area (Å²) in [7, 11) is 0. The van der Waals surface area contributed by atoms with Crippen LogP contribution in [0, 0.1) is 0 Å². The molecule has 0 spiro atoms. The number of hydrogen-bond acceptors (Lipinski definition) is 1. The normalized spacial score (nSPS) is 14.7. The Hall–Kier alpha value is -6.96. The summed E-state index contributed by atoms with van der Waals surface area (Å²) in [6.45, 7) is 0. The fourth-order valence-electron chi connectivity index (χ4n) is 7.84. The summed E-state index contributed by atoms with van der Waals surface area (Å²) in [5, 5.41) is 5.20. The molecular weight excluding hydrogens is 641 g/mol. The highest BCUT2D eigenvalue weighted by Crippen LogP contribution is 2.50. The molecule has 0 atom stereocenters. The predicted molar refractivity (Wildman–Crippen MR) is 225 cm³/mol. The van der Waals surface area contributed by atoms with Crippen LogP contribution in [-0.4, -0.2) is 0 Å². The molecule has 0 saturated carbocycles. The molecule has 10 aromatic carbocycles. The van der Waals surface area contributed by atoms with Crippen molar-refractivity contribution in [1.82, 2.24) is 0 Å². The monoisotopic (exact) mass is 683 g/mol. The second kappa shape index (κ2) is 11.8. The quantitative estimate of drug-likeness (QED) is 0.133. The van der Waals surface area contributed by atoms with Crippen molar-refractivity contribution < 1.29 is 19.5 Å². The molecular formula is C52H32O. The van der Waals surface area contributed by atoms with Gasteiger partial charge in [-0.2, -0.15) is 0 Å². The zero-order chi connectivity index (χ0) is 44.5. The van der Waals surface area contributed by atoms with Crippen LogP contribution in [0.5, 0.6) is 0 Å². The Bertz CT molecular complexity index is 3770. The van der Waals surface area contributed by atoms with Gasteiger partial charge < -0.3 is 4.42 Å². The van der Waals surface area contributed by atoms with Crippen LogP contribution in [0.25, 0.3) is 110 Å². The van der Waals surface area contributed by atoms with Crippen LogP contribution in [0.2, 0.25) is 0 Å². The molecule has 0 unspecified atom stereocenters. The summed E-state index contributed by atoms with van der Waals surface area (Å²) in [5.41, 5.74) is 1.75. The summed E-state index contributed by atoms with van der Waals surface area (Å²) < 4.78 is 111. The van der Waals surface area contributed by atoms with Crippen molar-refractivity contribution in [3.05, 3.63) is 194 Å². The summed E-state index contributed by atoms with van der Waals surface area (Å²) in [6, 6.07) is 34.6. The molecule has 1 aromatic heterocycles. The summed E-state index contributed by atoms with van der Waals surface area (Å²) in [6.07, 6.45) is 0. The van der Waals surface area contributed by atoms with Crippen LogP contribution in [0.4, 0.5) is 0 Å². The molecule has 0 radical (unpaired) electrons. The Morgan fingerprint density at radius 2 is 0.943 bits per heavy atom. The molecule has 0 bridgehead atoms. The van der Waals surface area contributed by atoms with E-state index < -0.39 is 48.3 Å². The topological polar surface area (TPSA) is 13.1 Å². The first-order chi connectivity index (χ1) is 30.9. The Morgan fingerprint density at radius 1 is 0.358 bits per heavy atom. The highest BCUT2D eigenvalue weighted by Gasteiger charge is 2.24. The largest absolute Gasteiger partial charge is 0.455 e. The zero-order valence-corrected chi connectivity index (χ0v) is 28.0. The van der Waals surface area contributed by atoms with E-state index in [0.29, 0.717) is 16.7 Å². The number of rotatable bonds is 4. The van der Waals surface area contributed by atoms with Crippen LogP contribution >= 0.6 is 0 Å². The SMILES string of the molecule is [2H]c1c(-c2cccc3ccccc23)c([2H])c2c(-c3c4c([2H])c([2H])c([2H])c([2H])c4c(-c4ccc5ccc6ccccc6c5c4)c4c([2H])c([2H])c([2H])c([2H])c34)c(-c3ccccc3)oc2c1[2H]. The Kier molecular flexibility index (Phi) is 4.63. The van der Waals surface area contributed by atoms with Crippen LogP contribution in [-0.2, 0) is 0 Å². The lowest BCUT2D eigenvalue weighted by Crippen LogP contribution is -1.92. The van der Waals surface area contributed by atoms with Gasteiger partial charge in [-0.3, -0.25) is 0 Å². The van der Waals surface area contributed by atoms with Crippen LogP contribution in [0.15, 0.2) is 198 Å². The third-order valence-electron chi connectivity index (χ3n) is 10.2. The molecule has 11 aromatic rings. The smallest absolute Gasteiger partial charge is 0.143 e. The second-order valence-corrected chi connectivity index (χ2v) is 13.1. The fraction of sp³-hybridized carbons (Fsp3) is 0. The van der Waals surface area contributed by atoms with Gasteiger partial charge in [0.05, 0.1) is 15.1 Å². The molecule has 246 valence electrons. The van der Waals surface area contributed by atoms with E-state index in [1.165, 1.54) is 0 Å². The Morgan fingerprint density at radius 3 is 1.68 bits per heavy atom. The van der Waals surface area contributed by atoms with Gasteiger partial charge in [0, 0.05) is 22.1 Å². The first kappa shape index (κ1) is 20.8. The maximum Gasteiger partial charge on any atom is 0.143 e. The molecule has 53 heavy (non-hydrogen) atoms. The fourth-order valence-corrected chi connectivity index (χ4v) is 7.84. The lowest BCUT2D eigenvalue weighted by molar-refractivity contribution is 0.632. The van der Waals surface area contributed by atoms with Crippen molar-refractivity contribution in [3.8, 4) is 44.7 Å². The highest BCUT2D eigenvalue weighted by molar-refractivity contribution is 6.25. The summed E-state index contributed by atoms with van der Waals surface area (Å²) in [4.78, 5) is 0. The van der Waals surface area contributed by atoms with Crippen molar-refractivity contribution in [2.75, 3.05) is 0 Å². The number of fused-ring (bicyclic) bond motifs is 7. The zero-order valence-electron chi connectivity index (χ0n) is 39.0. The second-order valence-electron chi connectivity index (χ2n) is 13.1. The molecule has 1 heterocycles. The molecule has 11 rings (SSSR count). The standard InChI is InChI=1S/C52H32O/c1-2-15-36(16-3-1)52-51(47-31-37(29-30-48(47)53-52)41-24-12-17-33-13-4-6-18-39(33)41)50-44-22-10-8-20-42(44)49(43-21-9-11-23-45(43)50)38-28-27-35-26-25-34-14-5-7-19-40(34)46(35)32-38/h1-32H/i8D,9D,10D,11D,20D,21D,22D,23D,29D,30D,31D. The van der Waals surface area contributed by atoms with E-state index in [9.17, 15) is 9.60 Å². The van der Waals surface area contributed by atoms with Gasteiger partial charge in [-0.25, -0.2) is 0 Å². The molecule has 0 N–H and O–H groups in total. The lowest BCUT2D eigenvalue weighted by atomic mass is 9.84. The maximum atomic E-state index is 10.1. The third-order valence-corrected chi connectivity index (χ3v) is 10.2. The van der Waals surface area contributed by atoms with Gasteiger partial charge in [0.2, 0.25) is 0 Å². The Balaban J connectivity index is 1.42. The van der Waals surface area contributed by atoms with Gasteiger partial charge in [0.15, 0.2) is 0 Å². The number of hydrogen-bond donors (Lipinski definition) is 0. The van der Waals surface area contributed by atoms with Gasteiger partial charge in [0.1, 0.15) is 11.3 Å². The first-order valence-corrected chi connectivity index (χ1v) is 17.4. The molecule has 0 aliphatic rings. The number of benzene rings is 10. The Labute approximate surface area is 322 Å². The minimum Gasteiger partial charge on any atom is -0.455 e. The van der Waals surface area contributed by atoms with Crippen molar-refractivity contribution >= 4 is 64.8 Å². The van der Waals surface area contributed by atoms with Crippen molar-refractivity contribution in [3.63, 3.8) is 0 Å². The van der Waals surface area contributed by atoms with E-state index >= 15 is 0 Å². The minimum atomic E-state index is -0.569. The van der Waals surface area contributed by atoms with E-state index in [-0.39, 0.29) is 78.7 Å². The van der Waals surface area contributed by atoms with E-state index in [1.807, 2.05) is 84.9 Å². The first-order valence-electron chi connectivity index (χ1n) is 22.9. The van der Waals surface area contributed by atoms with Crippen LogP contribution in [0.1, 0.15) is 15.1 Å². The summed E-state index contributed by atoms with van der Waals surface area (Å²) >= 11 is 0. The summed E-state index contributed by atoms with van der Waals surface area (Å²) in [5.74, 6) is 0.0967. The van der Waals surface area contributed by atoms with E-state index in [1.54, 1.807) is 42.5 Å². The van der Waals surface area contributed by atoms with Crippen molar-refractivity contribution in [1.29, 1.82) is 0 Å². The van der Waals surface area contributed by atoms with Crippen molar-refractivity contribution in [2.24, 2.45) is 0 Å². The van der Waals surface area contributed by atoms with Gasteiger partial charge >= 0.3 is 0 Å². The molecule has 0 amide bonds. The molecule has 0 saturated heterocycles. The average molecular weight is 684 g/mol. The van der Waals surface area contributed by atoms with Gasteiger partial charge in [-0.15, -0.1) is 0 Å².